The fraction of sp³-hybridized carbons (Fsp3) is 0.286. The van der Waals surface area contributed by atoms with Crippen LogP contribution in [0.5, 0.6) is 0 Å². The minimum absolute atomic E-state index is 0.0123. The van der Waals surface area contributed by atoms with Crippen LogP contribution in [0, 0.1) is 5.82 Å². The van der Waals surface area contributed by atoms with Gasteiger partial charge in [0.1, 0.15) is 5.82 Å². The van der Waals surface area contributed by atoms with Crippen LogP contribution < -0.4 is 0 Å². The molecule has 3 nitrogen and oxygen atoms in total. The molecule has 1 aliphatic rings. The number of hydrogen-bond donors (Lipinski definition) is 0. The van der Waals surface area contributed by atoms with Crippen molar-refractivity contribution in [2.75, 3.05) is 13.1 Å². The quantitative estimate of drug-likeness (QED) is 0.694. The van der Waals surface area contributed by atoms with Crippen LogP contribution in [0.15, 0.2) is 54.7 Å². The van der Waals surface area contributed by atoms with Gasteiger partial charge in [-0.25, -0.2) is 4.39 Å². The summed E-state index contributed by atoms with van der Waals surface area (Å²) in [5.41, 5.74) is 3.13. The molecule has 2 heterocycles. The van der Waals surface area contributed by atoms with E-state index in [9.17, 15) is 9.18 Å². The summed E-state index contributed by atoms with van der Waals surface area (Å²) in [5, 5.41) is 1.28. The molecule has 0 saturated carbocycles. The molecule has 1 aliphatic heterocycles. The third-order valence-corrected chi connectivity index (χ3v) is 5.17. The molecule has 0 spiro atoms. The number of likely N-dealkylation sites (tertiary alicyclic amines) is 1. The van der Waals surface area contributed by atoms with Crippen molar-refractivity contribution in [2.24, 2.45) is 0 Å². The van der Waals surface area contributed by atoms with Crippen LogP contribution in [0.25, 0.3) is 10.9 Å². The molecule has 25 heavy (non-hydrogen) atoms. The summed E-state index contributed by atoms with van der Waals surface area (Å²) in [7, 11) is 0. The number of carbonyl (C=O) groups is 1. The van der Waals surface area contributed by atoms with E-state index in [1.54, 1.807) is 12.1 Å². The number of nitrogens with zero attached hydrogens (tertiary/aromatic N) is 2. The molecule has 0 radical (unpaired) electrons. The van der Waals surface area contributed by atoms with Gasteiger partial charge in [-0.3, -0.25) is 4.79 Å². The summed E-state index contributed by atoms with van der Waals surface area (Å²) in [5.74, 6) is 0.0204. The summed E-state index contributed by atoms with van der Waals surface area (Å²) < 4.78 is 15.3. The Hall–Kier alpha value is -2.62. The molecule has 1 fully saturated rings. The highest BCUT2D eigenvalue weighted by Gasteiger charge is 2.29. The zero-order chi connectivity index (χ0) is 17.4. The molecule has 1 saturated heterocycles. The van der Waals surface area contributed by atoms with Crippen LogP contribution >= 0.6 is 0 Å². The Morgan fingerprint density at radius 2 is 1.92 bits per heavy atom. The Kier molecular flexibility index (Phi) is 4.04. The molecule has 0 bridgehead atoms. The Labute approximate surface area is 146 Å². The number of hydrogen-bond acceptors (Lipinski definition) is 1. The third kappa shape index (κ3) is 2.82. The van der Waals surface area contributed by atoms with Gasteiger partial charge in [0.25, 0.3) is 5.91 Å². The first-order chi connectivity index (χ1) is 12.2. The maximum absolute atomic E-state index is 13.1. The van der Waals surface area contributed by atoms with Crippen molar-refractivity contribution in [2.45, 2.75) is 25.8 Å². The Morgan fingerprint density at radius 1 is 1.16 bits per heavy atom. The number of benzene rings is 2. The molecule has 1 unspecified atom stereocenters. The minimum atomic E-state index is -0.316. The van der Waals surface area contributed by atoms with E-state index in [4.69, 9.17) is 0 Å². The van der Waals surface area contributed by atoms with E-state index < -0.39 is 0 Å². The standard InChI is InChI=1S/C21H21FN2O/c1-2-23-14-19(18-5-3-4-6-20(18)23)16-11-12-24(13-16)21(25)15-7-9-17(22)10-8-15/h3-10,14,16H,2,11-13H2,1H3. The molecule has 4 rings (SSSR count). The highest BCUT2D eigenvalue weighted by atomic mass is 19.1. The number of carbonyl (C=O) groups excluding carboxylic acids is 1. The van der Waals surface area contributed by atoms with Gasteiger partial charge >= 0.3 is 0 Å². The lowest BCUT2D eigenvalue weighted by molar-refractivity contribution is 0.0791. The lowest BCUT2D eigenvalue weighted by Gasteiger charge is -2.16. The van der Waals surface area contributed by atoms with Crippen LogP contribution in [0.4, 0.5) is 4.39 Å². The fourth-order valence-corrected chi connectivity index (χ4v) is 3.84. The zero-order valence-electron chi connectivity index (χ0n) is 14.3. The SMILES string of the molecule is CCn1cc(C2CCN(C(=O)c3ccc(F)cc3)C2)c2ccccc21. The maximum atomic E-state index is 13.1. The number of aromatic nitrogens is 1. The monoisotopic (exact) mass is 336 g/mol. The largest absolute Gasteiger partial charge is 0.347 e. The van der Waals surface area contributed by atoms with Crippen molar-refractivity contribution < 1.29 is 9.18 Å². The molecule has 1 amide bonds. The predicted molar refractivity (Wildman–Crippen MR) is 97.3 cm³/mol. The predicted octanol–water partition coefficient (Wildman–Crippen LogP) is 4.43. The minimum Gasteiger partial charge on any atom is -0.347 e. The van der Waals surface area contributed by atoms with E-state index in [-0.39, 0.29) is 11.7 Å². The second-order valence-electron chi connectivity index (χ2n) is 6.63. The average molecular weight is 336 g/mol. The van der Waals surface area contributed by atoms with Gasteiger partial charge in [0, 0.05) is 48.2 Å². The van der Waals surface area contributed by atoms with Gasteiger partial charge in [-0.2, -0.15) is 0 Å². The fourth-order valence-electron chi connectivity index (χ4n) is 3.84. The van der Waals surface area contributed by atoms with Crippen molar-refractivity contribution in [1.29, 1.82) is 0 Å². The van der Waals surface area contributed by atoms with Gasteiger partial charge in [0.05, 0.1) is 0 Å². The van der Waals surface area contributed by atoms with Crippen molar-refractivity contribution >= 4 is 16.8 Å². The van der Waals surface area contributed by atoms with E-state index in [1.165, 1.54) is 28.6 Å². The highest BCUT2D eigenvalue weighted by molar-refractivity contribution is 5.94. The molecule has 0 aliphatic carbocycles. The molecule has 2 aromatic carbocycles. The Balaban J connectivity index is 1.58. The lowest BCUT2D eigenvalue weighted by Crippen LogP contribution is -2.28. The zero-order valence-corrected chi connectivity index (χ0v) is 14.3. The van der Waals surface area contributed by atoms with Gasteiger partial charge in [0.2, 0.25) is 0 Å². The molecule has 0 N–H and O–H groups in total. The molecular weight excluding hydrogens is 315 g/mol. The van der Waals surface area contributed by atoms with E-state index in [0.717, 1.165) is 19.5 Å². The van der Waals surface area contributed by atoms with Gasteiger partial charge in [0.15, 0.2) is 0 Å². The summed E-state index contributed by atoms with van der Waals surface area (Å²) in [6.07, 6.45) is 3.20. The molecular formula is C21H21FN2O. The first kappa shape index (κ1) is 15.9. The number of halogens is 1. The Bertz CT molecular complexity index is 913. The highest BCUT2D eigenvalue weighted by Crippen LogP contribution is 2.34. The Morgan fingerprint density at radius 3 is 2.68 bits per heavy atom. The summed E-state index contributed by atoms with van der Waals surface area (Å²) in [6.45, 7) is 4.54. The topological polar surface area (TPSA) is 25.2 Å². The van der Waals surface area contributed by atoms with Crippen LogP contribution in [0.2, 0.25) is 0 Å². The first-order valence-corrected chi connectivity index (χ1v) is 8.80. The molecule has 1 atom stereocenters. The van der Waals surface area contributed by atoms with Gasteiger partial charge in [-0.05, 0) is 49.2 Å². The smallest absolute Gasteiger partial charge is 0.253 e. The molecule has 3 aromatic rings. The number of rotatable bonds is 3. The second kappa shape index (κ2) is 6.36. The second-order valence-corrected chi connectivity index (χ2v) is 6.63. The lowest BCUT2D eigenvalue weighted by atomic mass is 9.98. The maximum Gasteiger partial charge on any atom is 0.253 e. The van der Waals surface area contributed by atoms with Crippen molar-refractivity contribution in [3.63, 3.8) is 0 Å². The van der Waals surface area contributed by atoms with Crippen LogP contribution in [-0.2, 0) is 6.54 Å². The van der Waals surface area contributed by atoms with Gasteiger partial charge < -0.3 is 9.47 Å². The average Bonchev–Trinajstić information content (AvgIpc) is 3.26. The summed E-state index contributed by atoms with van der Waals surface area (Å²) in [4.78, 5) is 14.5. The molecule has 1 aromatic heterocycles. The number of aryl methyl sites for hydroxylation is 1. The number of fused-ring (bicyclic) bond motifs is 1. The van der Waals surface area contributed by atoms with Crippen molar-refractivity contribution in [3.05, 3.63) is 71.7 Å². The van der Waals surface area contributed by atoms with Crippen LogP contribution in [0.1, 0.15) is 35.2 Å². The van der Waals surface area contributed by atoms with Crippen molar-refractivity contribution in [3.8, 4) is 0 Å². The molecule has 4 heteroatoms. The number of para-hydroxylation sites is 1. The van der Waals surface area contributed by atoms with Crippen LogP contribution in [0.3, 0.4) is 0 Å². The van der Waals surface area contributed by atoms with E-state index in [2.05, 4.69) is 42.0 Å². The van der Waals surface area contributed by atoms with E-state index >= 15 is 0 Å². The van der Waals surface area contributed by atoms with E-state index in [0.29, 0.717) is 18.0 Å². The van der Waals surface area contributed by atoms with Crippen molar-refractivity contribution in [1.82, 2.24) is 9.47 Å². The first-order valence-electron chi connectivity index (χ1n) is 8.80. The molecule has 128 valence electrons. The van der Waals surface area contributed by atoms with E-state index in [1.807, 2.05) is 4.90 Å². The summed E-state index contributed by atoms with van der Waals surface area (Å²) in [6, 6.07) is 14.3. The third-order valence-electron chi connectivity index (χ3n) is 5.17. The summed E-state index contributed by atoms with van der Waals surface area (Å²) >= 11 is 0. The van der Waals surface area contributed by atoms with Gasteiger partial charge in [-0.1, -0.05) is 18.2 Å². The number of amides is 1. The van der Waals surface area contributed by atoms with Crippen LogP contribution in [-0.4, -0.2) is 28.5 Å². The van der Waals surface area contributed by atoms with Gasteiger partial charge in [-0.15, -0.1) is 0 Å². The normalized spacial score (nSPS) is 17.4.